The molecule has 2 aromatic rings. The van der Waals surface area contributed by atoms with Crippen molar-refractivity contribution in [2.24, 2.45) is 0 Å². The molecular formula is C11H7ClFN3O. The minimum Gasteiger partial charge on any atom is -0.319 e. The summed E-state index contributed by atoms with van der Waals surface area (Å²) in [6.45, 7) is 0. The fourth-order valence-electron chi connectivity index (χ4n) is 1.18. The third-order valence-corrected chi connectivity index (χ3v) is 2.14. The minimum absolute atomic E-state index is 0.182. The molecule has 0 aliphatic carbocycles. The highest BCUT2D eigenvalue weighted by atomic mass is 35.5. The Hall–Kier alpha value is -2.01. The average molecular weight is 252 g/mol. The number of rotatable bonds is 2. The van der Waals surface area contributed by atoms with E-state index in [0.717, 1.165) is 6.07 Å². The predicted octanol–water partition coefficient (Wildman–Crippen LogP) is 2.52. The monoisotopic (exact) mass is 251 g/mol. The van der Waals surface area contributed by atoms with Crippen LogP contribution >= 0.6 is 11.6 Å². The van der Waals surface area contributed by atoms with Gasteiger partial charge in [-0.3, -0.25) is 4.79 Å². The largest absolute Gasteiger partial charge is 0.319 e. The molecule has 0 spiro atoms. The van der Waals surface area contributed by atoms with Gasteiger partial charge < -0.3 is 5.32 Å². The molecule has 0 unspecified atom stereocenters. The molecule has 1 N–H and O–H groups in total. The molecule has 0 radical (unpaired) electrons. The molecule has 0 fully saturated rings. The van der Waals surface area contributed by atoms with Crippen LogP contribution in [-0.4, -0.2) is 15.9 Å². The number of nitrogens with zero attached hydrogens (tertiary/aromatic N) is 2. The molecule has 4 nitrogen and oxygen atoms in total. The lowest BCUT2D eigenvalue weighted by atomic mass is 10.3. The first-order valence-electron chi connectivity index (χ1n) is 4.70. The highest BCUT2D eigenvalue weighted by Gasteiger charge is 2.08. The molecule has 0 saturated carbocycles. The van der Waals surface area contributed by atoms with Gasteiger partial charge in [-0.2, -0.15) is 4.39 Å². The molecule has 2 aromatic heterocycles. The quantitative estimate of drug-likeness (QED) is 0.835. The summed E-state index contributed by atoms with van der Waals surface area (Å²) in [5, 5.41) is 2.75. The van der Waals surface area contributed by atoms with E-state index in [1.807, 2.05) is 0 Å². The Bertz CT molecular complexity index is 545. The molecule has 0 atom stereocenters. The van der Waals surface area contributed by atoms with Crippen LogP contribution in [0.1, 0.15) is 10.5 Å². The van der Waals surface area contributed by atoms with Gasteiger partial charge in [0, 0.05) is 0 Å². The van der Waals surface area contributed by atoms with E-state index in [1.54, 1.807) is 12.1 Å². The summed E-state index contributed by atoms with van der Waals surface area (Å²) >= 11 is 5.66. The van der Waals surface area contributed by atoms with Crippen LogP contribution in [0.3, 0.4) is 0 Å². The molecule has 0 aliphatic heterocycles. The van der Waals surface area contributed by atoms with Crippen LogP contribution in [0.25, 0.3) is 0 Å². The molecule has 6 heteroatoms. The van der Waals surface area contributed by atoms with Crippen molar-refractivity contribution in [2.75, 3.05) is 5.32 Å². The van der Waals surface area contributed by atoms with E-state index >= 15 is 0 Å². The molecule has 0 aromatic carbocycles. The number of nitrogens with one attached hydrogen (secondary N) is 1. The van der Waals surface area contributed by atoms with E-state index in [1.165, 1.54) is 18.3 Å². The summed E-state index contributed by atoms with van der Waals surface area (Å²) in [6.07, 6.45) is 1.22. The van der Waals surface area contributed by atoms with E-state index in [4.69, 9.17) is 11.6 Å². The molecule has 0 aliphatic rings. The molecule has 1 amide bonds. The zero-order valence-corrected chi connectivity index (χ0v) is 9.28. The van der Waals surface area contributed by atoms with Crippen molar-refractivity contribution in [1.29, 1.82) is 0 Å². The number of carbonyl (C=O) groups excluding carboxylic acids is 1. The molecule has 86 valence electrons. The molecule has 2 rings (SSSR count). The maximum atomic E-state index is 12.5. The Morgan fingerprint density at radius 3 is 2.76 bits per heavy atom. The van der Waals surface area contributed by atoms with Crippen LogP contribution < -0.4 is 5.32 Å². The summed E-state index contributed by atoms with van der Waals surface area (Å²) in [6, 6.07) is 7.27. The van der Waals surface area contributed by atoms with Crippen molar-refractivity contribution >= 4 is 23.2 Å². The summed E-state index contributed by atoms with van der Waals surface area (Å²) in [5.41, 5.74) is 0.569. The first-order chi connectivity index (χ1) is 8.15. The number of anilines is 1. The number of halogens is 2. The van der Waals surface area contributed by atoms with Crippen molar-refractivity contribution in [3.8, 4) is 0 Å². The third-order valence-electron chi connectivity index (χ3n) is 1.93. The number of hydrogen-bond acceptors (Lipinski definition) is 3. The number of hydrogen-bond donors (Lipinski definition) is 1. The fraction of sp³-hybridized carbons (Fsp3) is 0. The molecule has 2 heterocycles. The number of pyridine rings is 2. The van der Waals surface area contributed by atoms with Gasteiger partial charge in [0.1, 0.15) is 10.8 Å². The third kappa shape index (κ3) is 2.98. The van der Waals surface area contributed by atoms with Crippen LogP contribution in [-0.2, 0) is 0 Å². The smallest absolute Gasteiger partial charge is 0.274 e. The Morgan fingerprint density at radius 1 is 1.29 bits per heavy atom. The van der Waals surface area contributed by atoms with Gasteiger partial charge in [0.25, 0.3) is 5.91 Å². The van der Waals surface area contributed by atoms with E-state index < -0.39 is 11.9 Å². The van der Waals surface area contributed by atoms with Gasteiger partial charge >= 0.3 is 0 Å². The van der Waals surface area contributed by atoms with Crippen molar-refractivity contribution in [1.82, 2.24) is 9.97 Å². The van der Waals surface area contributed by atoms with Crippen LogP contribution in [0, 0.1) is 5.95 Å². The second-order valence-electron chi connectivity index (χ2n) is 3.17. The highest BCUT2D eigenvalue weighted by molar-refractivity contribution is 6.29. The standard InChI is InChI=1S/C11H7ClFN3O/c12-9-3-1-2-8(16-9)11(17)15-7-4-5-10(13)14-6-7/h1-6H,(H,15,17). The van der Waals surface area contributed by atoms with Crippen molar-refractivity contribution in [3.05, 3.63) is 53.3 Å². The first kappa shape index (κ1) is 11.5. The Kier molecular flexibility index (Phi) is 3.30. The van der Waals surface area contributed by atoms with E-state index in [2.05, 4.69) is 15.3 Å². The number of carbonyl (C=O) groups is 1. The Labute approximate surface area is 101 Å². The average Bonchev–Trinajstić information content (AvgIpc) is 2.32. The van der Waals surface area contributed by atoms with Gasteiger partial charge in [-0.05, 0) is 24.3 Å². The van der Waals surface area contributed by atoms with Gasteiger partial charge in [-0.15, -0.1) is 0 Å². The molecular weight excluding hydrogens is 245 g/mol. The summed E-state index contributed by atoms with van der Waals surface area (Å²) < 4.78 is 12.5. The van der Waals surface area contributed by atoms with Crippen molar-refractivity contribution < 1.29 is 9.18 Å². The number of aromatic nitrogens is 2. The maximum Gasteiger partial charge on any atom is 0.274 e. The molecule has 17 heavy (non-hydrogen) atoms. The Morgan fingerprint density at radius 2 is 2.12 bits per heavy atom. The zero-order valence-electron chi connectivity index (χ0n) is 8.52. The van der Waals surface area contributed by atoms with Gasteiger partial charge in [-0.25, -0.2) is 9.97 Å². The topological polar surface area (TPSA) is 54.9 Å². The van der Waals surface area contributed by atoms with E-state index in [9.17, 15) is 9.18 Å². The van der Waals surface area contributed by atoms with Crippen LogP contribution in [0.2, 0.25) is 5.15 Å². The highest BCUT2D eigenvalue weighted by Crippen LogP contribution is 2.09. The van der Waals surface area contributed by atoms with Crippen LogP contribution in [0.15, 0.2) is 36.5 Å². The minimum atomic E-state index is -0.608. The molecule has 0 bridgehead atoms. The summed E-state index contributed by atoms with van der Waals surface area (Å²) in [7, 11) is 0. The van der Waals surface area contributed by atoms with Gasteiger partial charge in [-0.1, -0.05) is 17.7 Å². The molecule has 0 saturated heterocycles. The lowest BCUT2D eigenvalue weighted by Gasteiger charge is -2.03. The summed E-state index contributed by atoms with van der Waals surface area (Å²) in [5.74, 6) is -1.04. The SMILES string of the molecule is O=C(Nc1ccc(F)nc1)c1cccc(Cl)n1. The van der Waals surface area contributed by atoms with Gasteiger partial charge in [0.2, 0.25) is 5.95 Å². The summed E-state index contributed by atoms with van der Waals surface area (Å²) in [4.78, 5) is 19.0. The van der Waals surface area contributed by atoms with E-state index in [-0.39, 0.29) is 10.8 Å². The normalized spacial score (nSPS) is 10.0. The lowest BCUT2D eigenvalue weighted by Crippen LogP contribution is -2.13. The first-order valence-corrected chi connectivity index (χ1v) is 5.08. The lowest BCUT2D eigenvalue weighted by molar-refractivity contribution is 0.102. The second kappa shape index (κ2) is 4.88. The zero-order chi connectivity index (χ0) is 12.3. The van der Waals surface area contributed by atoms with Crippen molar-refractivity contribution in [3.63, 3.8) is 0 Å². The van der Waals surface area contributed by atoms with Gasteiger partial charge in [0.15, 0.2) is 0 Å². The fourth-order valence-corrected chi connectivity index (χ4v) is 1.34. The maximum absolute atomic E-state index is 12.5. The number of amides is 1. The van der Waals surface area contributed by atoms with Crippen molar-refractivity contribution in [2.45, 2.75) is 0 Å². The second-order valence-corrected chi connectivity index (χ2v) is 3.56. The van der Waals surface area contributed by atoms with Crippen LogP contribution in [0.5, 0.6) is 0 Å². The van der Waals surface area contributed by atoms with Crippen LogP contribution in [0.4, 0.5) is 10.1 Å². The van der Waals surface area contributed by atoms with E-state index in [0.29, 0.717) is 5.69 Å². The Balaban J connectivity index is 2.14. The van der Waals surface area contributed by atoms with Gasteiger partial charge in [0.05, 0.1) is 11.9 Å². The predicted molar refractivity (Wildman–Crippen MR) is 61.4 cm³/mol.